The number of likely N-dealkylation sites (N-methyl/N-ethyl adjacent to an activating group) is 1. The van der Waals surface area contributed by atoms with Crippen molar-refractivity contribution in [1.29, 1.82) is 0 Å². The number of fused-ring (bicyclic) bond motifs is 2. The van der Waals surface area contributed by atoms with Crippen LogP contribution in [-0.4, -0.2) is 74.5 Å². The zero-order chi connectivity index (χ0) is 26.2. The molecule has 6 rings (SSSR count). The molecule has 1 fully saturated rings. The number of carbonyl (C=O) groups is 2. The Kier molecular flexibility index (Phi) is 7.34. The molecule has 3 amide bonds. The van der Waals surface area contributed by atoms with Crippen LogP contribution in [-0.2, 0) is 13.0 Å². The van der Waals surface area contributed by atoms with E-state index in [1.54, 1.807) is 6.07 Å². The molecule has 0 saturated carbocycles. The van der Waals surface area contributed by atoms with Gasteiger partial charge < -0.3 is 20.0 Å². The van der Waals surface area contributed by atoms with Gasteiger partial charge in [-0.1, -0.05) is 62.0 Å². The molecule has 2 aliphatic heterocycles. The fraction of sp³-hybridized carbons (Fsp3) is 0.333. The SMILES string of the molecule is C.CC1c2[nH]nc(NC(=O)c3ccc4ccccc4n3)c2CN1C(=O)N1CCN(C)C[C@@H]1Cc1ccccc1. The number of pyridine rings is 1. The number of H-pyrrole nitrogens is 1. The minimum absolute atomic E-state index is 0. The van der Waals surface area contributed by atoms with Gasteiger partial charge in [0.2, 0.25) is 0 Å². The van der Waals surface area contributed by atoms with Crippen molar-refractivity contribution in [3.8, 4) is 0 Å². The zero-order valence-electron chi connectivity index (χ0n) is 21.6. The summed E-state index contributed by atoms with van der Waals surface area (Å²) in [5.41, 5.74) is 4.00. The fourth-order valence-corrected chi connectivity index (χ4v) is 5.54. The van der Waals surface area contributed by atoms with Gasteiger partial charge in [-0.05, 0) is 38.1 Å². The van der Waals surface area contributed by atoms with Gasteiger partial charge in [0.1, 0.15) is 5.69 Å². The summed E-state index contributed by atoms with van der Waals surface area (Å²) >= 11 is 0. The van der Waals surface area contributed by atoms with E-state index in [4.69, 9.17) is 0 Å². The van der Waals surface area contributed by atoms with Gasteiger partial charge in [-0.25, -0.2) is 9.78 Å². The first kappa shape index (κ1) is 26.4. The second-order valence-corrected chi connectivity index (χ2v) is 10.2. The largest absolute Gasteiger partial charge is 0.321 e. The predicted octanol–water partition coefficient (Wildman–Crippen LogP) is 4.70. The van der Waals surface area contributed by atoms with Crippen molar-refractivity contribution in [2.45, 2.75) is 39.4 Å². The average molecular weight is 526 g/mol. The Morgan fingerprint density at radius 2 is 1.77 bits per heavy atom. The standard InChI is InChI=1S/C29H31N7O2.CH4/c1-19-26-23(27(33-32-26)31-28(37)25-13-12-21-10-6-7-11-24(21)30-25)18-36(19)29(38)35-15-14-34(2)17-22(35)16-20-8-4-3-5-9-20;/h3-13,19,22H,14-18H2,1-2H3,(H2,31,32,33,37);1H4/t19?,22-;/m0./s1. The molecule has 2 aromatic heterocycles. The van der Waals surface area contributed by atoms with Gasteiger partial charge >= 0.3 is 6.03 Å². The highest BCUT2D eigenvalue weighted by Gasteiger charge is 2.40. The summed E-state index contributed by atoms with van der Waals surface area (Å²) in [6, 6.07) is 21.5. The van der Waals surface area contributed by atoms with Crippen LogP contribution < -0.4 is 5.32 Å². The number of piperazine rings is 1. The normalized spacial score (nSPS) is 19.0. The number of para-hydroxylation sites is 1. The third-order valence-corrected chi connectivity index (χ3v) is 7.67. The number of amides is 3. The molecule has 202 valence electrons. The maximum absolute atomic E-state index is 13.9. The second-order valence-electron chi connectivity index (χ2n) is 10.2. The van der Waals surface area contributed by atoms with Gasteiger partial charge in [0.15, 0.2) is 5.82 Å². The van der Waals surface area contributed by atoms with Crippen molar-refractivity contribution < 1.29 is 9.59 Å². The van der Waals surface area contributed by atoms with Crippen LogP contribution in [0.15, 0.2) is 66.7 Å². The number of benzene rings is 2. The molecule has 4 heterocycles. The van der Waals surface area contributed by atoms with Gasteiger partial charge in [0, 0.05) is 30.6 Å². The fourth-order valence-electron chi connectivity index (χ4n) is 5.54. The number of aromatic amines is 1. The summed E-state index contributed by atoms with van der Waals surface area (Å²) in [6.45, 7) is 4.74. The minimum atomic E-state index is -0.329. The van der Waals surface area contributed by atoms with Gasteiger partial charge in [0.05, 0.1) is 29.8 Å². The van der Waals surface area contributed by atoms with E-state index in [-0.39, 0.29) is 31.4 Å². The molecule has 0 radical (unpaired) electrons. The van der Waals surface area contributed by atoms with E-state index < -0.39 is 0 Å². The highest BCUT2D eigenvalue weighted by molar-refractivity contribution is 6.04. The molecule has 2 N–H and O–H groups in total. The third-order valence-electron chi connectivity index (χ3n) is 7.67. The Balaban J connectivity index is 0.00000308. The number of carbonyl (C=O) groups excluding carboxylic acids is 2. The first-order chi connectivity index (χ1) is 18.5. The van der Waals surface area contributed by atoms with Crippen molar-refractivity contribution in [3.63, 3.8) is 0 Å². The van der Waals surface area contributed by atoms with Crippen LogP contribution in [0.5, 0.6) is 0 Å². The minimum Gasteiger partial charge on any atom is -0.319 e. The Morgan fingerprint density at radius 3 is 2.59 bits per heavy atom. The van der Waals surface area contributed by atoms with Crippen LogP contribution in [0.25, 0.3) is 10.9 Å². The number of anilines is 1. The van der Waals surface area contributed by atoms with Crippen LogP contribution in [0.3, 0.4) is 0 Å². The lowest BCUT2D eigenvalue weighted by Gasteiger charge is -2.42. The van der Waals surface area contributed by atoms with Crippen molar-refractivity contribution in [1.82, 2.24) is 29.9 Å². The number of nitrogens with one attached hydrogen (secondary N) is 2. The van der Waals surface area contributed by atoms with E-state index in [1.165, 1.54) is 5.56 Å². The van der Waals surface area contributed by atoms with Crippen molar-refractivity contribution in [2.75, 3.05) is 32.0 Å². The van der Waals surface area contributed by atoms with Crippen molar-refractivity contribution >= 4 is 28.7 Å². The average Bonchev–Trinajstić information content (AvgIpc) is 3.48. The maximum Gasteiger partial charge on any atom is 0.321 e. The molecule has 0 spiro atoms. The summed E-state index contributed by atoms with van der Waals surface area (Å²) in [5, 5.41) is 11.3. The molecule has 9 nitrogen and oxygen atoms in total. The molecule has 9 heteroatoms. The Morgan fingerprint density at radius 1 is 1.00 bits per heavy atom. The number of urea groups is 1. The van der Waals surface area contributed by atoms with E-state index in [9.17, 15) is 9.59 Å². The van der Waals surface area contributed by atoms with E-state index in [2.05, 4.69) is 44.6 Å². The molecule has 2 atom stereocenters. The summed E-state index contributed by atoms with van der Waals surface area (Å²) in [5.74, 6) is 0.116. The number of nitrogens with zero attached hydrogens (tertiary/aromatic N) is 5. The molecule has 4 aromatic rings. The number of hydrogen-bond acceptors (Lipinski definition) is 5. The smallest absolute Gasteiger partial charge is 0.319 e. The number of aromatic nitrogens is 3. The van der Waals surface area contributed by atoms with Crippen LogP contribution in [0.4, 0.5) is 10.6 Å². The van der Waals surface area contributed by atoms with E-state index >= 15 is 0 Å². The van der Waals surface area contributed by atoms with Gasteiger partial charge in [-0.15, -0.1) is 0 Å². The van der Waals surface area contributed by atoms with Gasteiger partial charge in [-0.3, -0.25) is 9.89 Å². The van der Waals surface area contributed by atoms with Crippen LogP contribution in [0, 0.1) is 0 Å². The molecule has 1 saturated heterocycles. The summed E-state index contributed by atoms with van der Waals surface area (Å²) in [7, 11) is 2.11. The lowest BCUT2D eigenvalue weighted by Crippen LogP contribution is -2.57. The van der Waals surface area contributed by atoms with Gasteiger partial charge in [-0.2, -0.15) is 5.10 Å². The molecule has 0 bridgehead atoms. The topological polar surface area (TPSA) is 97.5 Å². The summed E-state index contributed by atoms with van der Waals surface area (Å²) in [4.78, 5) is 37.6. The first-order valence-corrected chi connectivity index (χ1v) is 13.0. The van der Waals surface area contributed by atoms with Gasteiger partial charge in [0.25, 0.3) is 5.91 Å². The molecular formula is C30H35N7O2. The lowest BCUT2D eigenvalue weighted by atomic mass is 10.0. The molecule has 39 heavy (non-hydrogen) atoms. The predicted molar refractivity (Wildman–Crippen MR) is 153 cm³/mol. The second kappa shape index (κ2) is 10.9. The first-order valence-electron chi connectivity index (χ1n) is 13.0. The van der Waals surface area contributed by atoms with E-state index in [0.29, 0.717) is 24.6 Å². The zero-order valence-corrected chi connectivity index (χ0v) is 21.6. The Labute approximate surface area is 228 Å². The monoisotopic (exact) mass is 525 g/mol. The maximum atomic E-state index is 13.9. The van der Waals surface area contributed by atoms with Crippen LogP contribution in [0.2, 0.25) is 0 Å². The molecular weight excluding hydrogens is 490 g/mol. The Hall–Kier alpha value is -4.24. The highest BCUT2D eigenvalue weighted by Crippen LogP contribution is 2.37. The van der Waals surface area contributed by atoms with Crippen LogP contribution >= 0.6 is 0 Å². The molecule has 2 aromatic carbocycles. The number of rotatable bonds is 4. The number of hydrogen-bond donors (Lipinski definition) is 2. The lowest BCUT2D eigenvalue weighted by molar-refractivity contribution is 0.0781. The van der Waals surface area contributed by atoms with Crippen molar-refractivity contribution in [2.24, 2.45) is 0 Å². The molecule has 2 aliphatic rings. The summed E-state index contributed by atoms with van der Waals surface area (Å²) in [6.07, 6.45) is 0.812. The quantitative estimate of drug-likeness (QED) is 0.403. The molecule has 0 aliphatic carbocycles. The van der Waals surface area contributed by atoms with E-state index in [0.717, 1.165) is 41.7 Å². The van der Waals surface area contributed by atoms with Crippen molar-refractivity contribution in [3.05, 3.63) is 89.2 Å². The van der Waals surface area contributed by atoms with E-state index in [1.807, 2.05) is 65.3 Å². The Bertz CT molecular complexity index is 1490. The van der Waals surface area contributed by atoms with Crippen LogP contribution in [0.1, 0.15) is 47.7 Å². The highest BCUT2D eigenvalue weighted by atomic mass is 16.2. The molecule has 1 unspecified atom stereocenters. The third kappa shape index (κ3) is 5.09. The summed E-state index contributed by atoms with van der Waals surface area (Å²) < 4.78 is 0.